The summed E-state index contributed by atoms with van der Waals surface area (Å²) in [7, 11) is -2.16. The Morgan fingerprint density at radius 1 is 1.07 bits per heavy atom. The van der Waals surface area contributed by atoms with Gasteiger partial charge in [0, 0.05) is 31.1 Å². The molecule has 27 heavy (non-hydrogen) atoms. The van der Waals surface area contributed by atoms with Crippen molar-refractivity contribution in [3.8, 4) is 11.6 Å². The predicted octanol–water partition coefficient (Wildman–Crippen LogP) is 2.93. The maximum absolute atomic E-state index is 13.2. The average molecular weight is 388 g/mol. The lowest BCUT2D eigenvalue weighted by Gasteiger charge is -2.08. The van der Waals surface area contributed by atoms with Crippen LogP contribution in [0, 0.1) is 5.82 Å². The van der Waals surface area contributed by atoms with Crippen molar-refractivity contribution in [3.63, 3.8) is 0 Å². The van der Waals surface area contributed by atoms with E-state index < -0.39 is 10.0 Å². The number of nitrogens with zero attached hydrogens (tertiary/aromatic N) is 2. The summed E-state index contributed by atoms with van der Waals surface area (Å²) in [6.45, 7) is 0.443. The van der Waals surface area contributed by atoms with Crippen LogP contribution in [0.3, 0.4) is 0 Å². The fourth-order valence-corrected chi connectivity index (χ4v) is 2.86. The molecule has 7 nitrogen and oxygen atoms in total. The third-order valence-electron chi connectivity index (χ3n) is 3.61. The van der Waals surface area contributed by atoms with Crippen molar-refractivity contribution in [1.29, 1.82) is 0 Å². The van der Waals surface area contributed by atoms with E-state index in [9.17, 15) is 12.8 Å². The second-order valence-corrected chi connectivity index (χ2v) is 7.39. The maximum Gasteiger partial charge on any atom is 0.241 e. The molecule has 0 saturated heterocycles. The average Bonchev–Trinajstić information content (AvgIpc) is 2.68. The molecule has 0 aliphatic carbocycles. The molecule has 0 aliphatic heterocycles. The highest BCUT2D eigenvalue weighted by Crippen LogP contribution is 2.20. The van der Waals surface area contributed by atoms with Crippen LogP contribution in [0.15, 0.2) is 65.8 Å². The maximum atomic E-state index is 13.2. The van der Waals surface area contributed by atoms with Gasteiger partial charge in [0.15, 0.2) is 0 Å². The summed E-state index contributed by atoms with van der Waals surface area (Å²) < 4.78 is 44.2. The molecule has 0 bridgehead atoms. The van der Waals surface area contributed by atoms with E-state index in [-0.39, 0.29) is 10.7 Å². The van der Waals surface area contributed by atoms with Gasteiger partial charge in [-0.05, 0) is 36.9 Å². The predicted molar refractivity (Wildman–Crippen MR) is 98.5 cm³/mol. The van der Waals surface area contributed by atoms with Crippen LogP contribution in [0.2, 0.25) is 0 Å². The molecular weight excluding hydrogens is 371 g/mol. The first-order chi connectivity index (χ1) is 13.0. The van der Waals surface area contributed by atoms with Gasteiger partial charge in [-0.2, -0.15) is 0 Å². The number of anilines is 1. The topological polar surface area (TPSA) is 93.2 Å². The van der Waals surface area contributed by atoms with Gasteiger partial charge in [-0.25, -0.2) is 27.5 Å². The lowest BCUT2D eigenvalue weighted by Crippen LogP contribution is -2.18. The number of ether oxygens (including phenoxy) is 1. The first-order valence-corrected chi connectivity index (χ1v) is 9.46. The van der Waals surface area contributed by atoms with Crippen LogP contribution in [-0.4, -0.2) is 25.4 Å². The first-order valence-electron chi connectivity index (χ1n) is 7.98. The molecule has 2 heterocycles. The number of hydrogen-bond donors (Lipinski definition) is 2. The molecule has 2 N–H and O–H groups in total. The minimum Gasteiger partial charge on any atom is -0.439 e. The molecule has 2 aromatic heterocycles. The Balaban J connectivity index is 1.59. The number of pyridine rings is 2. The van der Waals surface area contributed by atoms with E-state index in [0.717, 1.165) is 5.56 Å². The number of halogens is 1. The fraction of sp³-hybridized carbons (Fsp3) is 0.111. The van der Waals surface area contributed by atoms with E-state index >= 15 is 0 Å². The quantitative estimate of drug-likeness (QED) is 0.646. The van der Waals surface area contributed by atoms with Crippen LogP contribution in [-0.2, 0) is 16.6 Å². The van der Waals surface area contributed by atoms with Crippen LogP contribution in [0.1, 0.15) is 5.56 Å². The lowest BCUT2D eigenvalue weighted by molar-refractivity contribution is 0.458. The highest BCUT2D eigenvalue weighted by atomic mass is 32.2. The fourth-order valence-electron chi connectivity index (χ4n) is 2.18. The smallest absolute Gasteiger partial charge is 0.241 e. The molecule has 0 radical (unpaired) electrons. The molecule has 0 saturated carbocycles. The molecule has 0 amide bonds. The molecule has 3 rings (SSSR count). The summed E-state index contributed by atoms with van der Waals surface area (Å²) in [6, 6.07) is 12.4. The van der Waals surface area contributed by atoms with Crippen molar-refractivity contribution in [3.05, 3.63) is 72.3 Å². The van der Waals surface area contributed by atoms with Gasteiger partial charge in [0.1, 0.15) is 22.3 Å². The van der Waals surface area contributed by atoms with E-state index in [2.05, 4.69) is 20.0 Å². The molecule has 0 unspecified atom stereocenters. The minimum absolute atomic E-state index is 0.0936. The number of sulfonamides is 1. The zero-order chi connectivity index (χ0) is 19.3. The number of benzene rings is 1. The highest BCUT2D eigenvalue weighted by Gasteiger charge is 2.11. The summed E-state index contributed by atoms with van der Waals surface area (Å²) in [4.78, 5) is 8.35. The Morgan fingerprint density at radius 3 is 2.56 bits per heavy atom. The van der Waals surface area contributed by atoms with Gasteiger partial charge >= 0.3 is 0 Å². The molecular formula is C18H17FN4O3S. The van der Waals surface area contributed by atoms with Crippen LogP contribution < -0.4 is 14.8 Å². The zero-order valence-electron chi connectivity index (χ0n) is 14.4. The largest absolute Gasteiger partial charge is 0.439 e. The van der Waals surface area contributed by atoms with Crippen molar-refractivity contribution < 1.29 is 17.5 Å². The van der Waals surface area contributed by atoms with Gasteiger partial charge in [-0.1, -0.05) is 12.1 Å². The molecule has 9 heteroatoms. The molecule has 3 aromatic rings. The van der Waals surface area contributed by atoms with E-state index in [1.807, 2.05) is 6.07 Å². The lowest BCUT2D eigenvalue weighted by atomic mass is 10.3. The Labute approximate surface area is 156 Å². The van der Waals surface area contributed by atoms with Crippen LogP contribution in [0.5, 0.6) is 11.6 Å². The van der Waals surface area contributed by atoms with Crippen LogP contribution in [0.4, 0.5) is 10.2 Å². The number of nitrogens with one attached hydrogen (secondary N) is 2. The van der Waals surface area contributed by atoms with Gasteiger partial charge in [0.2, 0.25) is 15.9 Å². The number of aromatic nitrogens is 2. The van der Waals surface area contributed by atoms with Crippen molar-refractivity contribution in [1.82, 2.24) is 14.7 Å². The molecule has 0 fully saturated rings. The van der Waals surface area contributed by atoms with Gasteiger partial charge in [0.25, 0.3) is 0 Å². The zero-order valence-corrected chi connectivity index (χ0v) is 15.2. The summed E-state index contributed by atoms with van der Waals surface area (Å²) in [5.74, 6) is 0.873. The summed E-state index contributed by atoms with van der Waals surface area (Å²) in [5.41, 5.74) is 0.871. The second-order valence-electron chi connectivity index (χ2n) is 5.50. The number of rotatable bonds is 7. The first kappa shape index (κ1) is 18.7. The van der Waals surface area contributed by atoms with Crippen LogP contribution in [0.25, 0.3) is 0 Å². The third-order valence-corrected chi connectivity index (χ3v) is 5.00. The van der Waals surface area contributed by atoms with E-state index in [0.29, 0.717) is 24.0 Å². The molecule has 0 aliphatic rings. The van der Waals surface area contributed by atoms with Gasteiger partial charge < -0.3 is 10.1 Å². The van der Waals surface area contributed by atoms with Gasteiger partial charge in [-0.3, -0.25) is 0 Å². The van der Waals surface area contributed by atoms with Gasteiger partial charge in [-0.15, -0.1) is 0 Å². The summed E-state index contributed by atoms with van der Waals surface area (Å²) in [6.07, 6.45) is 2.91. The molecule has 1 aromatic carbocycles. The molecule has 0 atom stereocenters. The molecule has 0 spiro atoms. The number of hydrogen-bond acceptors (Lipinski definition) is 6. The molecule has 140 valence electrons. The van der Waals surface area contributed by atoms with E-state index in [4.69, 9.17) is 4.74 Å². The normalized spacial score (nSPS) is 11.2. The third kappa shape index (κ3) is 4.99. The monoisotopic (exact) mass is 388 g/mol. The summed E-state index contributed by atoms with van der Waals surface area (Å²) >= 11 is 0. The van der Waals surface area contributed by atoms with E-state index in [1.54, 1.807) is 30.5 Å². The van der Waals surface area contributed by atoms with Crippen LogP contribution >= 0.6 is 0 Å². The van der Waals surface area contributed by atoms with Crippen molar-refractivity contribution in [2.24, 2.45) is 0 Å². The SMILES string of the molecule is CNS(=O)(=O)c1ccc(NCc2ccc(Oc3cccc(F)c3)nc2)nc1. The van der Waals surface area contributed by atoms with Crippen molar-refractivity contribution >= 4 is 15.8 Å². The standard InChI is InChI=1S/C18H17FN4O3S/c1-20-27(24,25)16-6-7-17(22-12-16)21-10-13-5-8-18(23-11-13)26-15-4-2-3-14(19)9-15/h2-9,11-12,20H,10H2,1H3,(H,21,22). The second kappa shape index (κ2) is 8.11. The summed E-state index contributed by atoms with van der Waals surface area (Å²) in [5, 5.41) is 3.08. The van der Waals surface area contributed by atoms with Crippen molar-refractivity contribution in [2.45, 2.75) is 11.4 Å². The Hall–Kier alpha value is -3.04. The van der Waals surface area contributed by atoms with E-state index in [1.165, 1.54) is 31.4 Å². The Kier molecular flexibility index (Phi) is 5.63. The van der Waals surface area contributed by atoms with Gasteiger partial charge in [0.05, 0.1) is 0 Å². The minimum atomic E-state index is -3.50. The highest BCUT2D eigenvalue weighted by molar-refractivity contribution is 7.89. The van der Waals surface area contributed by atoms with Crippen molar-refractivity contribution in [2.75, 3.05) is 12.4 Å². The Bertz CT molecular complexity index is 1010. The Morgan fingerprint density at radius 2 is 1.93 bits per heavy atom.